The molecule has 138 valence electrons. The number of benzene rings is 2. The lowest BCUT2D eigenvalue weighted by Crippen LogP contribution is -2.37. The molecule has 27 heavy (non-hydrogen) atoms. The molecule has 1 aliphatic rings. The predicted octanol–water partition coefficient (Wildman–Crippen LogP) is 2.77. The molecular formula is C21H21N3O3. The van der Waals surface area contributed by atoms with E-state index in [0.717, 1.165) is 29.5 Å². The number of hydrogen-bond donors (Lipinski definition) is 0. The Balaban J connectivity index is 1.59. The van der Waals surface area contributed by atoms with E-state index in [1.54, 1.807) is 19.4 Å². The van der Waals surface area contributed by atoms with Crippen LogP contribution in [-0.2, 0) is 11.3 Å². The first-order chi connectivity index (χ1) is 13.2. The Morgan fingerprint density at radius 1 is 1.22 bits per heavy atom. The first kappa shape index (κ1) is 17.3. The average Bonchev–Trinajstić information content (AvgIpc) is 3.20. The normalized spacial score (nSPS) is 16.6. The maximum absolute atomic E-state index is 12.9. The zero-order valence-electron chi connectivity index (χ0n) is 15.2. The largest absolute Gasteiger partial charge is 0.497 e. The number of nitrogens with zero attached hydrogens (tertiary/aromatic N) is 3. The van der Waals surface area contributed by atoms with Gasteiger partial charge in [0.1, 0.15) is 12.3 Å². The third kappa shape index (κ3) is 3.30. The molecule has 1 aromatic heterocycles. The van der Waals surface area contributed by atoms with Crippen molar-refractivity contribution in [1.82, 2.24) is 14.7 Å². The van der Waals surface area contributed by atoms with Gasteiger partial charge in [0, 0.05) is 11.9 Å². The molecule has 0 aliphatic carbocycles. The van der Waals surface area contributed by atoms with Crippen molar-refractivity contribution in [3.8, 4) is 5.75 Å². The van der Waals surface area contributed by atoms with Crippen LogP contribution in [0.2, 0.25) is 0 Å². The van der Waals surface area contributed by atoms with Gasteiger partial charge in [-0.05, 0) is 36.6 Å². The number of carbonyl (C=O) groups is 1. The summed E-state index contributed by atoms with van der Waals surface area (Å²) in [7, 11) is 1.63. The quantitative estimate of drug-likeness (QED) is 0.715. The molecule has 0 spiro atoms. The summed E-state index contributed by atoms with van der Waals surface area (Å²) in [6, 6.07) is 15.1. The zero-order chi connectivity index (χ0) is 18.8. The van der Waals surface area contributed by atoms with Gasteiger partial charge in [-0.1, -0.05) is 30.3 Å². The highest BCUT2D eigenvalue weighted by Crippen LogP contribution is 2.33. The first-order valence-corrected chi connectivity index (χ1v) is 9.05. The molecule has 6 nitrogen and oxygen atoms in total. The number of amides is 1. The molecule has 2 aromatic carbocycles. The molecule has 1 amide bonds. The third-order valence-electron chi connectivity index (χ3n) is 5.10. The summed E-state index contributed by atoms with van der Waals surface area (Å²) in [5, 5.41) is 5.53. The molecule has 1 aliphatic heterocycles. The molecule has 1 fully saturated rings. The Morgan fingerprint density at radius 2 is 2.07 bits per heavy atom. The van der Waals surface area contributed by atoms with Crippen molar-refractivity contribution in [3.63, 3.8) is 0 Å². The summed E-state index contributed by atoms with van der Waals surface area (Å²) in [5.74, 6) is 0.685. The van der Waals surface area contributed by atoms with E-state index < -0.39 is 0 Å². The van der Waals surface area contributed by atoms with Gasteiger partial charge < -0.3 is 9.64 Å². The van der Waals surface area contributed by atoms with Gasteiger partial charge in [0.25, 0.3) is 5.56 Å². The number of aromatic nitrogens is 2. The second-order valence-electron chi connectivity index (χ2n) is 6.72. The molecule has 2 heterocycles. The van der Waals surface area contributed by atoms with Crippen molar-refractivity contribution in [3.05, 3.63) is 70.6 Å². The van der Waals surface area contributed by atoms with Gasteiger partial charge in [0.15, 0.2) is 0 Å². The fourth-order valence-electron chi connectivity index (χ4n) is 3.72. The lowest BCUT2D eigenvalue weighted by Gasteiger charge is -2.25. The second-order valence-corrected chi connectivity index (χ2v) is 6.72. The number of fused-ring (bicyclic) bond motifs is 1. The molecule has 4 rings (SSSR count). The number of ether oxygens (including phenoxy) is 1. The van der Waals surface area contributed by atoms with E-state index in [4.69, 9.17) is 4.74 Å². The average molecular weight is 363 g/mol. The Morgan fingerprint density at radius 3 is 2.93 bits per heavy atom. The summed E-state index contributed by atoms with van der Waals surface area (Å²) in [5.41, 5.74) is 0.817. The predicted molar refractivity (Wildman–Crippen MR) is 103 cm³/mol. The van der Waals surface area contributed by atoms with Crippen LogP contribution in [0.5, 0.6) is 5.75 Å². The Labute approximate surface area is 157 Å². The molecule has 0 saturated carbocycles. The van der Waals surface area contributed by atoms with Crippen LogP contribution in [0.4, 0.5) is 0 Å². The first-order valence-electron chi connectivity index (χ1n) is 9.05. The Kier molecular flexibility index (Phi) is 4.62. The zero-order valence-corrected chi connectivity index (χ0v) is 15.2. The summed E-state index contributed by atoms with van der Waals surface area (Å²) in [6.07, 6.45) is 3.47. The number of methoxy groups -OCH3 is 1. The van der Waals surface area contributed by atoms with Crippen molar-refractivity contribution in [2.24, 2.45) is 0 Å². The monoisotopic (exact) mass is 363 g/mol. The smallest absolute Gasteiger partial charge is 0.275 e. The maximum atomic E-state index is 12.9. The van der Waals surface area contributed by atoms with E-state index >= 15 is 0 Å². The van der Waals surface area contributed by atoms with Gasteiger partial charge >= 0.3 is 0 Å². The van der Waals surface area contributed by atoms with Crippen LogP contribution < -0.4 is 10.3 Å². The fourth-order valence-corrected chi connectivity index (χ4v) is 3.72. The van der Waals surface area contributed by atoms with Crippen molar-refractivity contribution in [2.75, 3.05) is 13.7 Å². The summed E-state index contributed by atoms with van der Waals surface area (Å²) < 4.78 is 6.56. The van der Waals surface area contributed by atoms with Crippen LogP contribution >= 0.6 is 0 Å². The minimum atomic E-state index is -0.237. The molecule has 1 unspecified atom stereocenters. The van der Waals surface area contributed by atoms with E-state index in [1.807, 2.05) is 47.4 Å². The third-order valence-corrected chi connectivity index (χ3v) is 5.10. The lowest BCUT2D eigenvalue weighted by atomic mass is 10.0. The summed E-state index contributed by atoms with van der Waals surface area (Å²) >= 11 is 0. The van der Waals surface area contributed by atoms with Crippen LogP contribution in [0.25, 0.3) is 10.8 Å². The molecule has 1 atom stereocenters. The highest BCUT2D eigenvalue weighted by molar-refractivity contribution is 5.81. The van der Waals surface area contributed by atoms with Gasteiger partial charge in [0.2, 0.25) is 5.91 Å². The van der Waals surface area contributed by atoms with E-state index in [-0.39, 0.29) is 24.1 Å². The van der Waals surface area contributed by atoms with E-state index in [9.17, 15) is 9.59 Å². The fraction of sp³-hybridized carbons (Fsp3) is 0.286. The molecule has 0 bridgehead atoms. The highest BCUT2D eigenvalue weighted by Gasteiger charge is 2.30. The van der Waals surface area contributed by atoms with Crippen LogP contribution in [0.3, 0.4) is 0 Å². The van der Waals surface area contributed by atoms with E-state index in [1.165, 1.54) is 4.68 Å². The minimum Gasteiger partial charge on any atom is -0.497 e. The molecular weight excluding hydrogens is 342 g/mol. The number of likely N-dealkylation sites (tertiary alicyclic amines) is 1. The van der Waals surface area contributed by atoms with Gasteiger partial charge in [-0.15, -0.1) is 0 Å². The minimum absolute atomic E-state index is 0.00348. The van der Waals surface area contributed by atoms with E-state index in [0.29, 0.717) is 11.9 Å². The van der Waals surface area contributed by atoms with Crippen molar-refractivity contribution in [2.45, 2.75) is 25.4 Å². The van der Waals surface area contributed by atoms with E-state index in [2.05, 4.69) is 5.10 Å². The Bertz CT molecular complexity index is 1040. The molecule has 0 N–H and O–H groups in total. The number of hydrogen-bond acceptors (Lipinski definition) is 4. The molecule has 1 saturated heterocycles. The van der Waals surface area contributed by atoms with Crippen molar-refractivity contribution < 1.29 is 9.53 Å². The van der Waals surface area contributed by atoms with Crippen LogP contribution in [0.15, 0.2) is 59.5 Å². The maximum Gasteiger partial charge on any atom is 0.275 e. The van der Waals surface area contributed by atoms with Crippen LogP contribution in [0.1, 0.15) is 24.4 Å². The van der Waals surface area contributed by atoms with Gasteiger partial charge in [-0.25, -0.2) is 4.68 Å². The second kappa shape index (κ2) is 7.23. The number of rotatable bonds is 4. The van der Waals surface area contributed by atoms with Crippen LogP contribution in [-0.4, -0.2) is 34.2 Å². The topological polar surface area (TPSA) is 64.4 Å². The summed E-state index contributed by atoms with van der Waals surface area (Å²) in [4.78, 5) is 27.4. The van der Waals surface area contributed by atoms with Crippen molar-refractivity contribution in [1.29, 1.82) is 0 Å². The van der Waals surface area contributed by atoms with Gasteiger partial charge in [-0.2, -0.15) is 5.10 Å². The Hall–Kier alpha value is -3.15. The molecule has 0 radical (unpaired) electrons. The highest BCUT2D eigenvalue weighted by atomic mass is 16.5. The SMILES string of the molecule is COc1cccc(C2CCCN2C(=O)Cn2ncc3ccccc3c2=O)c1. The van der Waals surface area contributed by atoms with Crippen LogP contribution in [0, 0.1) is 0 Å². The molecule has 3 aromatic rings. The van der Waals surface area contributed by atoms with Gasteiger partial charge in [0.05, 0.1) is 24.7 Å². The van der Waals surface area contributed by atoms with Gasteiger partial charge in [-0.3, -0.25) is 9.59 Å². The number of carbonyl (C=O) groups excluding carboxylic acids is 1. The molecule has 6 heteroatoms. The summed E-state index contributed by atoms with van der Waals surface area (Å²) in [6.45, 7) is 0.632. The standard InChI is InChI=1S/C21H21N3O3/c1-27-17-8-4-7-15(12-17)19-10-5-11-23(19)20(25)14-24-21(26)18-9-3-2-6-16(18)13-22-24/h2-4,6-9,12-13,19H,5,10-11,14H2,1H3. The van der Waals surface area contributed by atoms with Crippen molar-refractivity contribution >= 4 is 16.7 Å². The lowest BCUT2D eigenvalue weighted by molar-refractivity contribution is -0.133.